The van der Waals surface area contributed by atoms with Gasteiger partial charge in [-0.05, 0) is 36.7 Å². The van der Waals surface area contributed by atoms with Crippen molar-refractivity contribution in [3.63, 3.8) is 0 Å². The van der Waals surface area contributed by atoms with E-state index in [2.05, 4.69) is 5.32 Å². The molecule has 0 aromatic carbocycles. The van der Waals surface area contributed by atoms with Crippen LogP contribution in [0.5, 0.6) is 0 Å². The van der Waals surface area contributed by atoms with E-state index < -0.39 is 11.9 Å². The molecule has 1 amide bonds. The van der Waals surface area contributed by atoms with Gasteiger partial charge in [-0.25, -0.2) is 0 Å². The number of amides is 1. The first kappa shape index (κ1) is 12.7. The number of thioether (sulfide) groups is 1. The maximum Gasteiger partial charge on any atom is 0.307 e. The Morgan fingerprint density at radius 2 is 2.00 bits per heavy atom. The van der Waals surface area contributed by atoms with Crippen molar-refractivity contribution in [1.82, 2.24) is 5.32 Å². The molecule has 2 aliphatic rings. The molecule has 96 valence electrons. The minimum atomic E-state index is -0.820. The largest absolute Gasteiger partial charge is 0.481 e. The predicted octanol–water partition coefficient (Wildman–Crippen LogP) is 1.36. The number of carboxylic acid groups (broad SMARTS) is 1. The third-order valence-corrected chi connectivity index (χ3v) is 4.99. The van der Waals surface area contributed by atoms with Crippen LogP contribution >= 0.6 is 11.8 Å². The zero-order valence-electron chi connectivity index (χ0n) is 9.85. The molecule has 4 nitrogen and oxygen atoms in total. The fourth-order valence-electron chi connectivity index (χ4n) is 2.69. The van der Waals surface area contributed by atoms with Crippen molar-refractivity contribution < 1.29 is 14.7 Å². The number of aliphatic carboxylic acids is 1. The number of carbonyl (C=O) groups excluding carboxylic acids is 1. The van der Waals surface area contributed by atoms with Gasteiger partial charge in [-0.1, -0.05) is 6.42 Å². The molecule has 0 bridgehead atoms. The smallest absolute Gasteiger partial charge is 0.307 e. The molecule has 1 heterocycles. The molecule has 0 spiro atoms. The summed E-state index contributed by atoms with van der Waals surface area (Å²) in [6.45, 7) is 0.717. The normalized spacial score (nSPS) is 32.6. The molecular formula is C12H19NO3S. The SMILES string of the molecule is O=C(O)[C@H]1CCC[C@H]1C(=O)NCC1CCSC1. The number of hydrogen-bond acceptors (Lipinski definition) is 3. The van der Waals surface area contributed by atoms with Crippen LogP contribution in [0.2, 0.25) is 0 Å². The Bertz CT molecular complexity index is 302. The van der Waals surface area contributed by atoms with E-state index in [-0.39, 0.29) is 11.8 Å². The average molecular weight is 257 g/mol. The maximum atomic E-state index is 11.9. The third kappa shape index (κ3) is 3.15. The van der Waals surface area contributed by atoms with Gasteiger partial charge in [0.15, 0.2) is 0 Å². The van der Waals surface area contributed by atoms with Crippen LogP contribution in [-0.2, 0) is 9.59 Å². The van der Waals surface area contributed by atoms with Crippen molar-refractivity contribution in [2.24, 2.45) is 17.8 Å². The topological polar surface area (TPSA) is 66.4 Å². The average Bonchev–Trinajstić information content (AvgIpc) is 2.96. The van der Waals surface area contributed by atoms with Gasteiger partial charge in [0.1, 0.15) is 0 Å². The van der Waals surface area contributed by atoms with E-state index in [1.807, 2.05) is 11.8 Å². The Kier molecular flexibility index (Phi) is 4.31. The van der Waals surface area contributed by atoms with Gasteiger partial charge in [0.2, 0.25) is 5.91 Å². The first-order valence-corrected chi connectivity index (χ1v) is 7.42. The Labute approximate surface area is 106 Å². The van der Waals surface area contributed by atoms with E-state index in [4.69, 9.17) is 5.11 Å². The molecule has 1 aliphatic heterocycles. The number of carboxylic acids is 1. The zero-order valence-corrected chi connectivity index (χ0v) is 10.7. The highest BCUT2D eigenvalue weighted by Gasteiger charge is 2.37. The molecular weight excluding hydrogens is 238 g/mol. The molecule has 1 unspecified atom stereocenters. The molecule has 17 heavy (non-hydrogen) atoms. The number of carbonyl (C=O) groups is 2. The summed E-state index contributed by atoms with van der Waals surface area (Å²) in [7, 11) is 0. The van der Waals surface area contributed by atoms with E-state index in [0.29, 0.717) is 18.9 Å². The second kappa shape index (κ2) is 5.76. The fraction of sp³-hybridized carbons (Fsp3) is 0.833. The van der Waals surface area contributed by atoms with Crippen molar-refractivity contribution >= 4 is 23.6 Å². The van der Waals surface area contributed by atoms with Crippen LogP contribution in [0.1, 0.15) is 25.7 Å². The van der Waals surface area contributed by atoms with Crippen LogP contribution < -0.4 is 5.32 Å². The van der Waals surface area contributed by atoms with Gasteiger partial charge in [0, 0.05) is 6.54 Å². The van der Waals surface area contributed by atoms with Crippen molar-refractivity contribution in [2.45, 2.75) is 25.7 Å². The molecule has 0 radical (unpaired) electrons. The molecule has 2 rings (SSSR count). The van der Waals surface area contributed by atoms with Crippen molar-refractivity contribution in [2.75, 3.05) is 18.1 Å². The van der Waals surface area contributed by atoms with Crippen molar-refractivity contribution in [3.05, 3.63) is 0 Å². The van der Waals surface area contributed by atoms with Gasteiger partial charge in [-0.3, -0.25) is 9.59 Å². The minimum absolute atomic E-state index is 0.0493. The molecule has 0 aromatic rings. The summed E-state index contributed by atoms with van der Waals surface area (Å²) >= 11 is 1.93. The predicted molar refractivity (Wildman–Crippen MR) is 66.9 cm³/mol. The first-order chi connectivity index (χ1) is 8.18. The molecule has 2 N–H and O–H groups in total. The molecule has 1 saturated carbocycles. The number of hydrogen-bond donors (Lipinski definition) is 2. The van der Waals surface area contributed by atoms with Crippen LogP contribution in [0, 0.1) is 17.8 Å². The number of nitrogens with one attached hydrogen (secondary N) is 1. The third-order valence-electron chi connectivity index (χ3n) is 3.76. The summed E-state index contributed by atoms with van der Waals surface area (Å²) in [6, 6.07) is 0. The van der Waals surface area contributed by atoms with E-state index in [1.54, 1.807) is 0 Å². The Hall–Kier alpha value is -0.710. The molecule has 2 fully saturated rings. The van der Waals surface area contributed by atoms with Gasteiger partial charge in [0.25, 0.3) is 0 Å². The van der Waals surface area contributed by atoms with Crippen LogP contribution in [0.3, 0.4) is 0 Å². The monoisotopic (exact) mass is 257 g/mol. The molecule has 1 saturated heterocycles. The summed E-state index contributed by atoms with van der Waals surface area (Å²) in [5.41, 5.74) is 0. The van der Waals surface area contributed by atoms with E-state index in [9.17, 15) is 9.59 Å². The molecule has 3 atom stereocenters. The standard InChI is InChI=1S/C12H19NO3S/c14-11(13-6-8-4-5-17-7-8)9-2-1-3-10(9)12(15)16/h8-10H,1-7H2,(H,13,14)(H,15,16)/t8?,9-,10+/m1/s1. The highest BCUT2D eigenvalue weighted by Crippen LogP contribution is 2.32. The van der Waals surface area contributed by atoms with Crippen LogP contribution in [0.25, 0.3) is 0 Å². The molecule has 5 heteroatoms. The first-order valence-electron chi connectivity index (χ1n) is 6.26. The fourth-order valence-corrected chi connectivity index (χ4v) is 3.97. The lowest BCUT2D eigenvalue weighted by Gasteiger charge is -2.17. The highest BCUT2D eigenvalue weighted by molar-refractivity contribution is 7.99. The Morgan fingerprint density at radius 1 is 1.24 bits per heavy atom. The zero-order chi connectivity index (χ0) is 12.3. The Balaban J connectivity index is 1.80. The lowest BCUT2D eigenvalue weighted by molar-refractivity contribution is -0.146. The number of rotatable bonds is 4. The molecule has 0 aromatic heterocycles. The quantitative estimate of drug-likeness (QED) is 0.798. The van der Waals surface area contributed by atoms with Gasteiger partial charge in [-0.15, -0.1) is 0 Å². The Morgan fingerprint density at radius 3 is 2.65 bits per heavy atom. The lowest BCUT2D eigenvalue weighted by Crippen LogP contribution is -2.37. The minimum Gasteiger partial charge on any atom is -0.481 e. The van der Waals surface area contributed by atoms with Gasteiger partial charge in [0.05, 0.1) is 11.8 Å². The van der Waals surface area contributed by atoms with Crippen LogP contribution in [-0.4, -0.2) is 35.0 Å². The van der Waals surface area contributed by atoms with E-state index in [1.165, 1.54) is 5.75 Å². The summed E-state index contributed by atoms with van der Waals surface area (Å²) < 4.78 is 0. The van der Waals surface area contributed by atoms with Gasteiger partial charge in [-0.2, -0.15) is 11.8 Å². The molecule has 1 aliphatic carbocycles. The second-order valence-electron chi connectivity index (χ2n) is 4.96. The summed E-state index contributed by atoms with van der Waals surface area (Å²) in [4.78, 5) is 22.9. The summed E-state index contributed by atoms with van der Waals surface area (Å²) in [5.74, 6) is 1.24. The summed E-state index contributed by atoms with van der Waals surface area (Å²) in [5, 5.41) is 12.0. The van der Waals surface area contributed by atoms with Crippen molar-refractivity contribution in [3.8, 4) is 0 Å². The van der Waals surface area contributed by atoms with Crippen molar-refractivity contribution in [1.29, 1.82) is 0 Å². The van der Waals surface area contributed by atoms with Gasteiger partial charge >= 0.3 is 5.97 Å². The van der Waals surface area contributed by atoms with E-state index >= 15 is 0 Å². The van der Waals surface area contributed by atoms with Gasteiger partial charge < -0.3 is 10.4 Å². The highest BCUT2D eigenvalue weighted by atomic mass is 32.2. The second-order valence-corrected chi connectivity index (χ2v) is 6.11. The van der Waals surface area contributed by atoms with Crippen LogP contribution in [0.15, 0.2) is 0 Å². The maximum absolute atomic E-state index is 11.9. The summed E-state index contributed by atoms with van der Waals surface area (Å²) in [6.07, 6.45) is 3.39. The lowest BCUT2D eigenvalue weighted by atomic mass is 9.95. The van der Waals surface area contributed by atoms with E-state index in [0.717, 1.165) is 25.0 Å². The van der Waals surface area contributed by atoms with Crippen LogP contribution in [0.4, 0.5) is 0 Å².